The van der Waals surface area contributed by atoms with Crippen molar-refractivity contribution >= 4 is 11.9 Å². The fraction of sp³-hybridized carbons (Fsp3) is 0.321. The lowest BCUT2D eigenvalue weighted by atomic mass is 10.1. The Hall–Kier alpha value is -2.56. The summed E-state index contributed by atoms with van der Waals surface area (Å²) in [6.45, 7) is 15.6. The average molecular weight is 450 g/mol. The van der Waals surface area contributed by atoms with Crippen LogP contribution >= 0.6 is 11.9 Å². The monoisotopic (exact) mass is 449 g/mol. The molecule has 0 fully saturated rings. The molecule has 3 nitrogen and oxygen atoms in total. The van der Waals surface area contributed by atoms with E-state index in [1.165, 1.54) is 52.1 Å². The Morgan fingerprint density at radius 3 is 1.94 bits per heavy atom. The number of hydrogen-bond acceptors (Lipinski definition) is 3. The van der Waals surface area contributed by atoms with E-state index in [4.69, 9.17) is 10.2 Å². The SMILES string of the molecule is C=C.CCC/C(C)=C(\CC)SN.CCCn1nc(-c2ccccc2)cc1-c1ccccc1. The number of nitrogens with two attached hydrogens (primary N) is 1. The molecule has 32 heavy (non-hydrogen) atoms. The van der Waals surface area contributed by atoms with Crippen molar-refractivity contribution in [2.45, 2.75) is 59.9 Å². The number of allylic oxidation sites excluding steroid dienone is 2. The molecule has 0 radical (unpaired) electrons. The first-order valence-corrected chi connectivity index (χ1v) is 12.3. The lowest BCUT2D eigenvalue weighted by molar-refractivity contribution is 0.611. The van der Waals surface area contributed by atoms with Gasteiger partial charge in [-0.15, -0.1) is 13.2 Å². The number of aromatic nitrogens is 2. The van der Waals surface area contributed by atoms with Gasteiger partial charge in [0, 0.05) is 12.1 Å². The smallest absolute Gasteiger partial charge is 0.0929 e. The molecule has 0 saturated carbocycles. The van der Waals surface area contributed by atoms with E-state index in [0.29, 0.717) is 0 Å². The first kappa shape index (κ1) is 27.5. The van der Waals surface area contributed by atoms with Gasteiger partial charge in [0.05, 0.1) is 11.4 Å². The molecule has 0 spiro atoms. The molecule has 2 N–H and O–H groups in total. The Morgan fingerprint density at radius 2 is 1.47 bits per heavy atom. The van der Waals surface area contributed by atoms with E-state index in [1.807, 2.05) is 12.1 Å². The van der Waals surface area contributed by atoms with Gasteiger partial charge in [-0.25, -0.2) is 0 Å². The highest BCUT2D eigenvalue weighted by molar-refractivity contribution is 8.00. The molecule has 0 unspecified atom stereocenters. The number of rotatable bonds is 8. The van der Waals surface area contributed by atoms with Crippen LogP contribution in [0.2, 0.25) is 0 Å². The van der Waals surface area contributed by atoms with E-state index < -0.39 is 0 Å². The van der Waals surface area contributed by atoms with Crippen LogP contribution < -0.4 is 5.14 Å². The molecule has 0 saturated heterocycles. The van der Waals surface area contributed by atoms with Gasteiger partial charge < -0.3 is 0 Å². The summed E-state index contributed by atoms with van der Waals surface area (Å²) in [5.41, 5.74) is 6.07. The van der Waals surface area contributed by atoms with Crippen LogP contribution in [-0.4, -0.2) is 9.78 Å². The maximum absolute atomic E-state index is 5.47. The molecular formula is C28H39N3S. The van der Waals surface area contributed by atoms with Crippen LogP contribution in [-0.2, 0) is 6.54 Å². The van der Waals surface area contributed by atoms with Gasteiger partial charge in [-0.3, -0.25) is 9.82 Å². The number of benzene rings is 2. The molecule has 0 aliphatic rings. The van der Waals surface area contributed by atoms with Gasteiger partial charge >= 0.3 is 0 Å². The van der Waals surface area contributed by atoms with Crippen molar-refractivity contribution in [3.8, 4) is 22.5 Å². The van der Waals surface area contributed by atoms with Crippen molar-refractivity contribution in [1.82, 2.24) is 9.78 Å². The predicted molar refractivity (Wildman–Crippen MR) is 144 cm³/mol. The van der Waals surface area contributed by atoms with Crippen LogP contribution in [0.3, 0.4) is 0 Å². The number of aryl methyl sites for hydroxylation is 1. The van der Waals surface area contributed by atoms with Gasteiger partial charge in [0.1, 0.15) is 0 Å². The first-order chi connectivity index (χ1) is 15.6. The summed E-state index contributed by atoms with van der Waals surface area (Å²) in [7, 11) is 0. The van der Waals surface area contributed by atoms with Crippen molar-refractivity contribution < 1.29 is 0 Å². The average Bonchev–Trinajstić information content (AvgIpc) is 3.27. The summed E-state index contributed by atoms with van der Waals surface area (Å²) in [6, 6.07) is 23.0. The van der Waals surface area contributed by atoms with Crippen LogP contribution in [0.15, 0.2) is 90.4 Å². The van der Waals surface area contributed by atoms with Crippen molar-refractivity contribution in [2.75, 3.05) is 0 Å². The highest BCUT2D eigenvalue weighted by Gasteiger charge is 2.10. The zero-order valence-corrected chi connectivity index (χ0v) is 21.0. The van der Waals surface area contributed by atoms with Crippen molar-refractivity contribution in [2.24, 2.45) is 5.14 Å². The molecule has 0 bridgehead atoms. The van der Waals surface area contributed by atoms with Crippen molar-refractivity contribution in [3.63, 3.8) is 0 Å². The summed E-state index contributed by atoms with van der Waals surface area (Å²) in [5.74, 6) is 0. The summed E-state index contributed by atoms with van der Waals surface area (Å²) in [6.07, 6.45) is 4.56. The minimum absolute atomic E-state index is 0.942. The van der Waals surface area contributed by atoms with Crippen LogP contribution in [0.5, 0.6) is 0 Å². The molecule has 3 rings (SSSR count). The molecule has 0 atom stereocenters. The van der Waals surface area contributed by atoms with Crippen LogP contribution in [0.1, 0.15) is 53.4 Å². The molecule has 0 amide bonds. The second-order valence-corrected chi connectivity index (χ2v) is 8.02. The second kappa shape index (κ2) is 16.1. The second-order valence-electron chi connectivity index (χ2n) is 7.29. The molecule has 3 aromatic rings. The van der Waals surface area contributed by atoms with E-state index in [2.05, 4.69) is 100 Å². The normalized spacial score (nSPS) is 10.9. The van der Waals surface area contributed by atoms with E-state index in [0.717, 1.165) is 25.1 Å². The van der Waals surface area contributed by atoms with Gasteiger partial charge in [0.2, 0.25) is 0 Å². The molecular weight excluding hydrogens is 410 g/mol. The van der Waals surface area contributed by atoms with E-state index in [1.54, 1.807) is 0 Å². The van der Waals surface area contributed by atoms with Gasteiger partial charge in [-0.1, -0.05) is 105 Å². The Balaban J connectivity index is 0.000000364. The third-order valence-electron chi connectivity index (χ3n) is 4.92. The number of hydrogen-bond donors (Lipinski definition) is 1. The largest absolute Gasteiger partial charge is 0.274 e. The molecule has 2 aromatic carbocycles. The van der Waals surface area contributed by atoms with Crippen LogP contribution in [0.25, 0.3) is 22.5 Å². The maximum atomic E-state index is 5.47. The summed E-state index contributed by atoms with van der Waals surface area (Å²) in [5, 5.41) is 10.2. The Labute approximate surface area is 199 Å². The van der Waals surface area contributed by atoms with Gasteiger partial charge in [-0.05, 0) is 42.7 Å². The fourth-order valence-corrected chi connectivity index (χ4v) is 3.86. The van der Waals surface area contributed by atoms with Crippen molar-refractivity contribution in [3.05, 3.63) is 90.4 Å². The quantitative estimate of drug-likeness (QED) is 0.277. The highest BCUT2D eigenvalue weighted by Crippen LogP contribution is 2.26. The molecule has 0 aliphatic heterocycles. The van der Waals surface area contributed by atoms with Crippen molar-refractivity contribution in [1.29, 1.82) is 0 Å². The molecule has 1 heterocycles. The highest BCUT2D eigenvalue weighted by atomic mass is 32.2. The van der Waals surface area contributed by atoms with Gasteiger partial charge in [-0.2, -0.15) is 5.10 Å². The lowest BCUT2D eigenvalue weighted by Crippen LogP contribution is -2.01. The first-order valence-electron chi connectivity index (χ1n) is 11.4. The van der Waals surface area contributed by atoms with E-state index in [-0.39, 0.29) is 0 Å². The van der Waals surface area contributed by atoms with Crippen LogP contribution in [0.4, 0.5) is 0 Å². The Morgan fingerprint density at radius 1 is 0.906 bits per heavy atom. The minimum Gasteiger partial charge on any atom is -0.274 e. The fourth-order valence-electron chi connectivity index (χ4n) is 3.39. The lowest BCUT2D eigenvalue weighted by Gasteiger charge is -2.05. The topological polar surface area (TPSA) is 43.8 Å². The van der Waals surface area contributed by atoms with E-state index in [9.17, 15) is 0 Å². The molecule has 4 heteroatoms. The molecule has 1 aromatic heterocycles. The number of nitrogens with zero attached hydrogens (tertiary/aromatic N) is 2. The zero-order chi connectivity index (χ0) is 23.8. The maximum Gasteiger partial charge on any atom is 0.0929 e. The Kier molecular flexibility index (Phi) is 13.8. The summed E-state index contributed by atoms with van der Waals surface area (Å²) in [4.78, 5) is 1.35. The third-order valence-corrected chi connectivity index (χ3v) is 5.84. The third kappa shape index (κ3) is 8.52. The Bertz CT molecular complexity index is 908. The van der Waals surface area contributed by atoms with Gasteiger partial charge in [0.15, 0.2) is 0 Å². The molecule has 0 aliphatic carbocycles. The predicted octanol–water partition coefficient (Wildman–Crippen LogP) is 8.51. The van der Waals surface area contributed by atoms with E-state index >= 15 is 0 Å². The van der Waals surface area contributed by atoms with Gasteiger partial charge in [0.25, 0.3) is 0 Å². The zero-order valence-electron chi connectivity index (χ0n) is 20.2. The van der Waals surface area contributed by atoms with Crippen LogP contribution in [0, 0.1) is 0 Å². The standard InChI is InChI=1S/C18H18N2.C8H17NS.C2H4/c1-2-13-20-18(16-11-7-4-8-12-16)14-17(19-20)15-9-5-3-6-10-15;1-4-6-7(3)8(5-2)10-9;1-2/h3-12,14H,2,13H2,1H3;4-6,9H2,1-3H3;1-2H2/b;8-7+;. The minimum atomic E-state index is 0.942. The molecule has 172 valence electrons. The summed E-state index contributed by atoms with van der Waals surface area (Å²) < 4.78 is 2.11. The summed E-state index contributed by atoms with van der Waals surface area (Å²) >= 11 is 1.40.